The Morgan fingerprint density at radius 1 is 0.667 bits per heavy atom. The van der Waals surface area contributed by atoms with Crippen LogP contribution in [0.4, 0.5) is 15.8 Å². The van der Waals surface area contributed by atoms with Crippen molar-refractivity contribution in [2.24, 2.45) is 0 Å². The molecule has 8 aromatic rings. The second kappa shape index (κ2) is 26.5. The number of amides is 2. The first-order valence-electron chi connectivity index (χ1n) is 28.6. The largest absolute Gasteiger partial charge is 0.508 e. The molecule has 2 amide bonds. The summed E-state index contributed by atoms with van der Waals surface area (Å²) in [5, 5.41) is 27.2. The van der Waals surface area contributed by atoms with Gasteiger partial charge >= 0.3 is 5.97 Å². The van der Waals surface area contributed by atoms with E-state index in [9.17, 15) is 24.6 Å². The van der Waals surface area contributed by atoms with Gasteiger partial charge in [0.25, 0.3) is 5.91 Å². The summed E-state index contributed by atoms with van der Waals surface area (Å²) in [6.07, 6.45) is 8.45. The lowest BCUT2D eigenvalue weighted by molar-refractivity contribution is -0.122. The van der Waals surface area contributed by atoms with Crippen molar-refractivity contribution in [2.75, 3.05) is 84.1 Å². The maximum atomic E-state index is 15.3. The molecule has 16 nitrogen and oxygen atoms in total. The number of carbonyl (C=O) groups is 3. The van der Waals surface area contributed by atoms with E-state index in [2.05, 4.69) is 10.6 Å². The summed E-state index contributed by atoms with van der Waals surface area (Å²) in [6.45, 7) is 2.34. The fourth-order valence-corrected chi connectivity index (χ4v) is 10.7. The van der Waals surface area contributed by atoms with Crippen LogP contribution in [0.2, 0.25) is 0 Å². The quantitative estimate of drug-likeness (QED) is 0.0282. The van der Waals surface area contributed by atoms with Crippen LogP contribution in [0.1, 0.15) is 105 Å². The molecule has 0 saturated carbocycles. The number of rotatable bonds is 27. The van der Waals surface area contributed by atoms with Crippen LogP contribution in [-0.4, -0.2) is 112 Å². The van der Waals surface area contributed by atoms with Gasteiger partial charge in [0.2, 0.25) is 5.91 Å². The molecule has 0 saturated heterocycles. The highest BCUT2D eigenvalue weighted by molar-refractivity contribution is 6.00. The maximum Gasteiger partial charge on any atom is 0.340 e. The van der Waals surface area contributed by atoms with Crippen molar-refractivity contribution in [3.63, 3.8) is 0 Å². The lowest BCUT2D eigenvalue weighted by atomic mass is 9.77. The van der Waals surface area contributed by atoms with E-state index >= 15 is 4.39 Å². The van der Waals surface area contributed by atoms with Crippen LogP contribution in [0.5, 0.6) is 28.9 Å². The highest BCUT2D eigenvalue weighted by Gasteiger charge is 2.54. The topological polar surface area (TPSA) is 186 Å². The molecular formula is C67H71FN6O10. The molecule has 2 aliphatic rings. The number of esters is 1. The summed E-state index contributed by atoms with van der Waals surface area (Å²) in [6, 6.07) is 40.2. The van der Waals surface area contributed by atoms with Gasteiger partial charge in [0.1, 0.15) is 17.2 Å². The van der Waals surface area contributed by atoms with Crippen LogP contribution >= 0.6 is 0 Å². The summed E-state index contributed by atoms with van der Waals surface area (Å²) in [7, 11) is 7.78. The number of anilines is 2. The smallest absolute Gasteiger partial charge is 0.340 e. The minimum Gasteiger partial charge on any atom is -0.508 e. The second-order valence-electron chi connectivity index (χ2n) is 21.6. The number of carbonyl (C=O) groups excluding carboxylic acids is 3. The second-order valence-corrected chi connectivity index (χ2v) is 21.6. The highest BCUT2D eigenvalue weighted by atomic mass is 19.1. The molecule has 0 fully saturated rings. The molecule has 4 heterocycles. The summed E-state index contributed by atoms with van der Waals surface area (Å²) >= 11 is 0. The number of nitrogens with zero attached hydrogens (tertiary/aromatic N) is 4. The molecule has 0 unspecified atom stereocenters. The normalized spacial score (nSPS) is 12.8. The minimum atomic E-state index is -1.33. The Labute approximate surface area is 488 Å². The molecular weight excluding hydrogens is 1070 g/mol. The fourth-order valence-electron chi connectivity index (χ4n) is 10.7. The summed E-state index contributed by atoms with van der Waals surface area (Å²) in [4.78, 5) is 48.4. The van der Waals surface area contributed by atoms with Gasteiger partial charge in [-0.2, -0.15) is 0 Å². The van der Waals surface area contributed by atoms with Crippen molar-refractivity contribution in [2.45, 2.75) is 63.4 Å². The number of hydrogen-bond donors (Lipinski definition) is 4. The van der Waals surface area contributed by atoms with E-state index < -0.39 is 17.4 Å². The van der Waals surface area contributed by atoms with Gasteiger partial charge in [-0.25, -0.2) is 14.2 Å². The third-order valence-corrected chi connectivity index (χ3v) is 15.3. The van der Waals surface area contributed by atoms with E-state index in [1.54, 1.807) is 59.1 Å². The molecule has 0 radical (unpaired) electrons. The Morgan fingerprint density at radius 2 is 1.36 bits per heavy atom. The van der Waals surface area contributed by atoms with Crippen LogP contribution in [-0.2, 0) is 37.4 Å². The van der Waals surface area contributed by atoms with Gasteiger partial charge in [0.15, 0.2) is 23.0 Å². The zero-order chi connectivity index (χ0) is 58.7. The zero-order valence-corrected chi connectivity index (χ0v) is 47.9. The van der Waals surface area contributed by atoms with Crippen molar-refractivity contribution in [3.8, 4) is 40.1 Å². The molecule has 2 aromatic heterocycles. The lowest BCUT2D eigenvalue weighted by Crippen LogP contribution is -2.34. The molecule has 10 rings (SSSR count). The van der Waals surface area contributed by atoms with E-state index in [4.69, 9.17) is 28.7 Å². The average molecular weight is 1140 g/mol. The van der Waals surface area contributed by atoms with Crippen LogP contribution < -0.4 is 29.9 Å². The molecule has 4 N–H and O–H groups in total. The Bertz CT molecular complexity index is 3590. The average Bonchev–Trinajstić information content (AvgIpc) is 1.59. The van der Waals surface area contributed by atoms with Gasteiger partial charge in [-0.3, -0.25) is 14.0 Å². The van der Waals surface area contributed by atoms with Gasteiger partial charge in [0, 0.05) is 124 Å². The third kappa shape index (κ3) is 13.3. The van der Waals surface area contributed by atoms with E-state index in [0.717, 1.165) is 72.2 Å². The molecule has 2 aliphatic heterocycles. The first-order valence-corrected chi connectivity index (χ1v) is 28.6. The number of nitrogens with one attached hydrogen (secondary N) is 2. The van der Waals surface area contributed by atoms with E-state index in [0.29, 0.717) is 95.3 Å². The predicted octanol–water partition coefficient (Wildman–Crippen LogP) is 11.1. The van der Waals surface area contributed by atoms with Crippen molar-refractivity contribution in [3.05, 3.63) is 196 Å². The molecule has 0 aliphatic carbocycles. The monoisotopic (exact) mass is 1140 g/mol. The van der Waals surface area contributed by atoms with E-state index in [1.165, 1.54) is 6.07 Å². The van der Waals surface area contributed by atoms with Gasteiger partial charge in [-0.05, 0) is 109 Å². The number of aromatic nitrogens is 2. The number of halogens is 1. The van der Waals surface area contributed by atoms with Gasteiger partial charge in [-0.15, -0.1) is 0 Å². The Morgan fingerprint density at radius 3 is 2.06 bits per heavy atom. The van der Waals surface area contributed by atoms with E-state index in [1.807, 2.05) is 117 Å². The minimum absolute atomic E-state index is 0.0577. The van der Waals surface area contributed by atoms with Crippen molar-refractivity contribution >= 4 is 34.7 Å². The molecule has 17 heteroatoms. The summed E-state index contributed by atoms with van der Waals surface area (Å²) < 4.78 is 47.0. The SMILES string of the molecule is CN(C)c1ccc2c(c1)Oc1cc(N(C)C)ccc1C21OC(=O)c2ccc(C(=O)NCCOCCOCCC(=O)NCCCCCCCCOc3ccc(Cc4cc5c(Cc6ccccc6)nc(-c6ccc(O)cc6)cn5c4O)cc3F)cc21. The molecule has 1 spiro atoms. The predicted molar refractivity (Wildman–Crippen MR) is 321 cm³/mol. The lowest BCUT2D eigenvalue weighted by Gasteiger charge is -2.37. The third-order valence-electron chi connectivity index (χ3n) is 15.3. The first kappa shape index (κ1) is 58.3. The fraction of sp³-hybridized carbons (Fsp3) is 0.313. The molecule has 6 aromatic carbocycles. The number of aromatic hydroxyl groups is 2. The first-order chi connectivity index (χ1) is 40.7. The summed E-state index contributed by atoms with van der Waals surface area (Å²) in [5.74, 6) is 0.182. The van der Waals surface area contributed by atoms with Crippen LogP contribution in [0.15, 0.2) is 140 Å². The van der Waals surface area contributed by atoms with Crippen molar-refractivity contribution in [1.82, 2.24) is 20.0 Å². The summed E-state index contributed by atoms with van der Waals surface area (Å²) in [5.41, 5.74) is 8.54. The zero-order valence-electron chi connectivity index (χ0n) is 47.9. The number of hydrogen-bond acceptors (Lipinski definition) is 13. The van der Waals surface area contributed by atoms with Gasteiger partial charge < -0.3 is 54.3 Å². The van der Waals surface area contributed by atoms with Gasteiger partial charge in [-0.1, -0.05) is 62.1 Å². The molecule has 0 atom stereocenters. The van der Waals surface area contributed by atoms with Crippen LogP contribution in [0, 0.1) is 5.82 Å². The Balaban J connectivity index is 0.582. The number of ether oxygens (including phenoxy) is 5. The van der Waals surface area contributed by atoms with E-state index in [-0.39, 0.29) is 55.4 Å². The highest BCUT2D eigenvalue weighted by Crippen LogP contribution is 2.57. The number of phenolic OH excluding ortho intramolecular Hbond substituents is 1. The Hall–Kier alpha value is -8.93. The number of phenols is 1. The van der Waals surface area contributed by atoms with Crippen molar-refractivity contribution in [1.29, 1.82) is 0 Å². The van der Waals surface area contributed by atoms with Gasteiger partial charge in [0.05, 0.1) is 55.5 Å². The molecule has 0 bridgehead atoms. The van der Waals surface area contributed by atoms with Crippen LogP contribution in [0.25, 0.3) is 16.8 Å². The molecule has 84 heavy (non-hydrogen) atoms. The van der Waals surface area contributed by atoms with Crippen molar-refractivity contribution < 1.29 is 52.7 Å². The number of benzene rings is 6. The van der Waals surface area contributed by atoms with Crippen LogP contribution in [0.3, 0.4) is 0 Å². The number of fused-ring (bicyclic) bond motifs is 7. The Kier molecular flexibility index (Phi) is 18.4. The standard InChI is InChI=1S/C67H71FN6O10/c1-72(2)49-20-25-53-61(41-49)83-62-42-50(73(3)4)21-26-54(62)67(53)55-39-47(19-24-52(55)66(79)84-67)64(77)70-30-33-81-35-34-80-32-28-63(76)69-29-12-7-5-6-8-13-31-82-60-27-16-45(37-56(60)68)36-48-40-59-57(38-44-14-10-9-11-15-44)71-58(43-74(59)65(48)78)46-17-22-51(75)23-18-46/h9-11,14-27,37,39-43,75,78H,5-8,12-13,28-36,38H2,1-4H3,(H,69,76)(H,70,77). The number of unbranched alkanes of at least 4 members (excludes halogenated alkanes) is 5. The molecule has 436 valence electrons. The maximum absolute atomic E-state index is 15.3.